The Kier molecular flexibility index (Phi) is 2.55. The molecule has 0 aliphatic rings. The summed E-state index contributed by atoms with van der Waals surface area (Å²) in [5.74, 6) is -1.15. The van der Waals surface area contributed by atoms with Crippen LogP contribution in [0.1, 0.15) is 5.56 Å². The maximum absolute atomic E-state index is 10.2. The predicted octanol–water partition coefficient (Wildman–Crippen LogP) is 0.215. The molecular weight excluding hydrogens is 178 g/mol. The zero-order valence-corrected chi connectivity index (χ0v) is 6.97. The van der Waals surface area contributed by atoms with Crippen LogP contribution in [0.3, 0.4) is 0 Å². The third-order valence-electron chi connectivity index (χ3n) is 1.44. The molecule has 1 aromatic rings. The number of nitrogen functional groups attached to an aromatic ring is 1. The third-order valence-corrected chi connectivity index (χ3v) is 1.68. The van der Waals surface area contributed by atoms with E-state index in [4.69, 9.17) is 17.3 Å². The van der Waals surface area contributed by atoms with Crippen LogP contribution >= 0.6 is 11.6 Å². The SMILES string of the molecule is Nc1cc(Cl)ccc1CC(=O)[O-]. The van der Waals surface area contributed by atoms with Gasteiger partial charge in [0, 0.05) is 23.1 Å². The number of hydrogen-bond donors (Lipinski definition) is 1. The van der Waals surface area contributed by atoms with Crippen LogP contribution in [0.5, 0.6) is 0 Å². The van der Waals surface area contributed by atoms with Crippen molar-refractivity contribution in [2.45, 2.75) is 6.42 Å². The van der Waals surface area contributed by atoms with Gasteiger partial charge in [-0.05, 0) is 17.7 Å². The molecule has 0 saturated carbocycles. The molecule has 1 aromatic carbocycles. The van der Waals surface area contributed by atoms with E-state index in [1.54, 1.807) is 12.1 Å². The molecule has 64 valence electrons. The number of carboxylic acids is 1. The van der Waals surface area contributed by atoms with Crippen molar-refractivity contribution in [2.24, 2.45) is 0 Å². The summed E-state index contributed by atoms with van der Waals surface area (Å²) in [6, 6.07) is 4.68. The van der Waals surface area contributed by atoms with Crippen molar-refractivity contribution in [3.8, 4) is 0 Å². The van der Waals surface area contributed by atoms with E-state index in [0.29, 0.717) is 16.3 Å². The summed E-state index contributed by atoms with van der Waals surface area (Å²) >= 11 is 5.61. The zero-order valence-electron chi connectivity index (χ0n) is 6.21. The molecule has 0 fully saturated rings. The second kappa shape index (κ2) is 3.45. The van der Waals surface area contributed by atoms with Crippen molar-refractivity contribution in [1.82, 2.24) is 0 Å². The van der Waals surface area contributed by atoms with Gasteiger partial charge in [-0.1, -0.05) is 17.7 Å². The number of aliphatic carboxylic acids is 1. The lowest BCUT2D eigenvalue weighted by atomic mass is 10.1. The Morgan fingerprint density at radius 1 is 1.58 bits per heavy atom. The molecule has 0 amide bonds. The van der Waals surface area contributed by atoms with Gasteiger partial charge in [0.1, 0.15) is 0 Å². The summed E-state index contributed by atoms with van der Waals surface area (Å²) in [5, 5.41) is 10.7. The number of carboxylic acid groups (broad SMARTS) is 1. The molecule has 0 spiro atoms. The van der Waals surface area contributed by atoms with Crippen molar-refractivity contribution in [1.29, 1.82) is 0 Å². The number of benzene rings is 1. The third kappa shape index (κ3) is 2.13. The van der Waals surface area contributed by atoms with E-state index in [1.165, 1.54) is 6.07 Å². The molecule has 0 atom stereocenters. The zero-order chi connectivity index (χ0) is 9.14. The Morgan fingerprint density at radius 3 is 2.75 bits per heavy atom. The molecule has 0 heterocycles. The van der Waals surface area contributed by atoms with Gasteiger partial charge in [-0.25, -0.2) is 0 Å². The van der Waals surface area contributed by atoms with Crippen molar-refractivity contribution >= 4 is 23.3 Å². The quantitative estimate of drug-likeness (QED) is 0.669. The maximum Gasteiger partial charge on any atom is 0.0458 e. The summed E-state index contributed by atoms with van der Waals surface area (Å²) in [6.07, 6.45) is -0.178. The van der Waals surface area contributed by atoms with E-state index >= 15 is 0 Å². The van der Waals surface area contributed by atoms with Gasteiger partial charge in [0.25, 0.3) is 0 Å². The Hall–Kier alpha value is -1.22. The van der Waals surface area contributed by atoms with Crippen LogP contribution in [0.15, 0.2) is 18.2 Å². The van der Waals surface area contributed by atoms with Gasteiger partial charge < -0.3 is 15.6 Å². The molecule has 3 nitrogen and oxygen atoms in total. The summed E-state index contributed by atoms with van der Waals surface area (Å²) < 4.78 is 0. The van der Waals surface area contributed by atoms with Crippen LogP contribution in [0.4, 0.5) is 5.69 Å². The summed E-state index contributed by atoms with van der Waals surface area (Å²) in [5.41, 5.74) is 6.40. The minimum Gasteiger partial charge on any atom is -0.550 e. The van der Waals surface area contributed by atoms with Crippen molar-refractivity contribution in [2.75, 3.05) is 5.73 Å². The minimum absolute atomic E-state index is 0.178. The molecule has 0 radical (unpaired) electrons. The lowest BCUT2D eigenvalue weighted by Crippen LogP contribution is -2.24. The smallest absolute Gasteiger partial charge is 0.0458 e. The highest BCUT2D eigenvalue weighted by molar-refractivity contribution is 6.30. The number of nitrogens with two attached hydrogens (primary N) is 1. The number of rotatable bonds is 2. The van der Waals surface area contributed by atoms with E-state index in [9.17, 15) is 9.90 Å². The van der Waals surface area contributed by atoms with E-state index in [1.807, 2.05) is 0 Å². The van der Waals surface area contributed by atoms with Gasteiger partial charge in [-0.15, -0.1) is 0 Å². The number of anilines is 1. The summed E-state index contributed by atoms with van der Waals surface area (Å²) in [4.78, 5) is 10.2. The number of hydrogen-bond acceptors (Lipinski definition) is 3. The average Bonchev–Trinajstić information content (AvgIpc) is 1.94. The number of halogens is 1. The molecule has 0 aliphatic carbocycles. The fourth-order valence-corrected chi connectivity index (χ4v) is 1.06. The average molecular weight is 185 g/mol. The second-order valence-corrected chi connectivity index (χ2v) is 2.83. The van der Waals surface area contributed by atoms with Gasteiger partial charge in [-0.3, -0.25) is 0 Å². The van der Waals surface area contributed by atoms with Gasteiger partial charge in [0.15, 0.2) is 0 Å². The lowest BCUT2D eigenvalue weighted by Gasteiger charge is -2.05. The first kappa shape index (κ1) is 8.87. The second-order valence-electron chi connectivity index (χ2n) is 2.39. The van der Waals surface area contributed by atoms with Gasteiger partial charge >= 0.3 is 0 Å². The molecule has 2 N–H and O–H groups in total. The first-order chi connectivity index (χ1) is 5.59. The first-order valence-electron chi connectivity index (χ1n) is 3.33. The standard InChI is InChI=1S/C8H8ClNO2/c9-6-2-1-5(3-8(11)12)7(10)4-6/h1-2,4H,3,10H2,(H,11,12)/p-1. The molecule has 0 aliphatic heterocycles. The number of carbonyl (C=O) groups excluding carboxylic acids is 1. The predicted molar refractivity (Wildman–Crippen MR) is 44.6 cm³/mol. The van der Waals surface area contributed by atoms with Crippen LogP contribution in [0, 0.1) is 0 Å². The first-order valence-corrected chi connectivity index (χ1v) is 3.71. The van der Waals surface area contributed by atoms with Gasteiger partial charge in [0.2, 0.25) is 0 Å². The Labute approximate surface area is 74.8 Å². The molecule has 12 heavy (non-hydrogen) atoms. The van der Waals surface area contributed by atoms with E-state index < -0.39 is 5.97 Å². The largest absolute Gasteiger partial charge is 0.550 e. The molecule has 0 saturated heterocycles. The van der Waals surface area contributed by atoms with Crippen molar-refractivity contribution < 1.29 is 9.90 Å². The monoisotopic (exact) mass is 184 g/mol. The highest BCUT2D eigenvalue weighted by Gasteiger charge is 1.99. The molecule has 0 unspecified atom stereocenters. The van der Waals surface area contributed by atoms with Crippen LogP contribution in [-0.2, 0) is 11.2 Å². The molecule has 0 aromatic heterocycles. The van der Waals surface area contributed by atoms with Gasteiger partial charge in [0.05, 0.1) is 0 Å². The van der Waals surface area contributed by atoms with E-state index in [2.05, 4.69) is 0 Å². The van der Waals surface area contributed by atoms with Crippen LogP contribution in [0.25, 0.3) is 0 Å². The summed E-state index contributed by atoms with van der Waals surface area (Å²) in [6.45, 7) is 0. The maximum atomic E-state index is 10.2. The van der Waals surface area contributed by atoms with Crippen molar-refractivity contribution in [3.05, 3.63) is 28.8 Å². The molecule has 1 rings (SSSR count). The molecule has 0 bridgehead atoms. The fourth-order valence-electron chi connectivity index (χ4n) is 0.882. The van der Waals surface area contributed by atoms with Crippen LogP contribution in [-0.4, -0.2) is 5.97 Å². The van der Waals surface area contributed by atoms with Crippen LogP contribution in [0.2, 0.25) is 5.02 Å². The normalized spacial score (nSPS) is 9.75. The van der Waals surface area contributed by atoms with Crippen molar-refractivity contribution in [3.63, 3.8) is 0 Å². The minimum atomic E-state index is -1.15. The topological polar surface area (TPSA) is 66.2 Å². The Morgan fingerprint density at radius 2 is 2.25 bits per heavy atom. The Balaban J connectivity index is 2.93. The van der Waals surface area contributed by atoms with Crippen LogP contribution < -0.4 is 10.8 Å². The fraction of sp³-hybridized carbons (Fsp3) is 0.125. The van der Waals surface area contributed by atoms with E-state index in [-0.39, 0.29) is 6.42 Å². The van der Waals surface area contributed by atoms with E-state index in [0.717, 1.165) is 0 Å². The lowest BCUT2D eigenvalue weighted by molar-refractivity contribution is -0.304. The molecular formula is C8H7ClNO2-. The highest BCUT2D eigenvalue weighted by Crippen LogP contribution is 2.17. The van der Waals surface area contributed by atoms with Gasteiger partial charge in [-0.2, -0.15) is 0 Å². The summed E-state index contributed by atoms with van der Waals surface area (Å²) in [7, 11) is 0. The highest BCUT2D eigenvalue weighted by atomic mass is 35.5. The Bertz CT molecular complexity index is 312. The number of carbonyl (C=O) groups is 1. The molecule has 4 heteroatoms.